The number of rotatable bonds is 5. The molecule has 7 nitrogen and oxygen atoms in total. The maximum absolute atomic E-state index is 13.7. The lowest BCUT2D eigenvalue weighted by atomic mass is 9.90. The normalized spacial score (nSPS) is 16.8. The van der Waals surface area contributed by atoms with Gasteiger partial charge in [0.1, 0.15) is 29.6 Å². The van der Waals surface area contributed by atoms with Crippen LogP contribution in [0.3, 0.4) is 0 Å². The summed E-state index contributed by atoms with van der Waals surface area (Å²) in [7, 11) is 0. The van der Waals surface area contributed by atoms with Gasteiger partial charge >= 0.3 is 0 Å². The molecule has 2 aliphatic heterocycles. The summed E-state index contributed by atoms with van der Waals surface area (Å²) in [5.41, 5.74) is 2.41. The molecule has 4 aromatic rings. The number of benzene rings is 1. The van der Waals surface area contributed by atoms with E-state index in [9.17, 15) is 4.79 Å². The van der Waals surface area contributed by atoms with Gasteiger partial charge in [0.2, 0.25) is 0 Å². The van der Waals surface area contributed by atoms with Crippen molar-refractivity contribution in [1.29, 1.82) is 0 Å². The first-order chi connectivity index (χ1) is 18.6. The van der Waals surface area contributed by atoms with Crippen molar-refractivity contribution in [3.8, 4) is 0 Å². The molecule has 0 bridgehead atoms. The maximum Gasteiger partial charge on any atom is 0.274 e. The van der Waals surface area contributed by atoms with Crippen LogP contribution < -0.4 is 14.8 Å². The minimum Gasteiger partial charge on any atom is -0.348 e. The molecule has 2 fully saturated rings. The van der Waals surface area contributed by atoms with Gasteiger partial charge in [0.05, 0.1) is 29.5 Å². The van der Waals surface area contributed by atoms with Crippen LogP contribution in [-0.4, -0.2) is 60.0 Å². The number of H-pyrrole nitrogens is 1. The number of carbonyl (C=O) groups excluding carboxylic acids is 1. The molecule has 38 heavy (non-hydrogen) atoms. The van der Waals surface area contributed by atoms with E-state index in [0.717, 1.165) is 96.6 Å². The van der Waals surface area contributed by atoms with Crippen LogP contribution in [0.5, 0.6) is 0 Å². The molecule has 8 heteroatoms. The summed E-state index contributed by atoms with van der Waals surface area (Å²) in [6.07, 6.45) is 5.17. The van der Waals surface area contributed by atoms with Crippen LogP contribution in [0.1, 0.15) is 39.5 Å². The number of piperidine rings is 1. The fourth-order valence-corrected chi connectivity index (χ4v) is 7.01. The molecule has 2 saturated heterocycles. The third-order valence-corrected chi connectivity index (χ3v) is 9.13. The Hall–Kier alpha value is -3.52. The summed E-state index contributed by atoms with van der Waals surface area (Å²) in [5.74, 6) is 3.66. The Morgan fingerprint density at radius 3 is 2.34 bits per heavy atom. The average molecular weight is 528 g/mol. The summed E-state index contributed by atoms with van der Waals surface area (Å²) in [6.45, 7) is 9.25. The van der Waals surface area contributed by atoms with E-state index in [1.54, 1.807) is 0 Å². The van der Waals surface area contributed by atoms with Crippen LogP contribution in [0.2, 0.25) is 0 Å². The minimum atomic E-state index is 0.150. The van der Waals surface area contributed by atoms with E-state index < -0.39 is 0 Å². The van der Waals surface area contributed by atoms with E-state index in [4.69, 9.17) is 9.97 Å². The van der Waals surface area contributed by atoms with Crippen molar-refractivity contribution in [1.82, 2.24) is 14.9 Å². The smallest absolute Gasteiger partial charge is 0.274 e. The highest BCUT2D eigenvalue weighted by molar-refractivity contribution is 7.20. The van der Waals surface area contributed by atoms with Crippen molar-refractivity contribution in [2.45, 2.75) is 33.1 Å². The van der Waals surface area contributed by atoms with Gasteiger partial charge in [-0.25, -0.2) is 15.0 Å². The molecular weight excluding hydrogens is 492 g/mol. The van der Waals surface area contributed by atoms with E-state index >= 15 is 0 Å². The highest BCUT2D eigenvalue weighted by Gasteiger charge is 2.30. The van der Waals surface area contributed by atoms with Crippen molar-refractivity contribution in [3.05, 3.63) is 76.6 Å². The van der Waals surface area contributed by atoms with Crippen molar-refractivity contribution in [2.75, 3.05) is 49.1 Å². The third-order valence-electron chi connectivity index (χ3n) is 7.96. The number of piperazine rings is 1. The molecule has 0 spiro atoms. The van der Waals surface area contributed by atoms with Gasteiger partial charge in [-0.3, -0.25) is 9.69 Å². The van der Waals surface area contributed by atoms with Gasteiger partial charge in [-0.2, -0.15) is 0 Å². The van der Waals surface area contributed by atoms with Crippen LogP contribution in [-0.2, 0) is 6.42 Å². The number of pyridine rings is 1. The molecule has 1 aromatic carbocycles. The molecule has 0 aliphatic carbocycles. The summed E-state index contributed by atoms with van der Waals surface area (Å²) in [4.78, 5) is 35.2. The number of aromatic amines is 1. The Morgan fingerprint density at radius 1 is 0.921 bits per heavy atom. The number of carbonyl (C=O) groups is 1. The lowest BCUT2D eigenvalue weighted by Gasteiger charge is -2.32. The Kier molecular flexibility index (Phi) is 6.98. The fourth-order valence-electron chi connectivity index (χ4n) is 5.83. The van der Waals surface area contributed by atoms with Crippen LogP contribution in [0.15, 0.2) is 54.7 Å². The zero-order chi connectivity index (χ0) is 26.1. The number of thiophene rings is 1. The quantitative estimate of drug-likeness (QED) is 0.381. The largest absolute Gasteiger partial charge is 0.348 e. The SMILES string of the molecule is Cc1nc(N2CCN(c3cccc[nH+]3)CC2)c2c(C)c(C(=O)N3CCC(Cc4ccccc4)CC3)sc2n1. The molecule has 2 aliphatic rings. The van der Waals surface area contributed by atoms with E-state index in [-0.39, 0.29) is 5.91 Å². The minimum absolute atomic E-state index is 0.150. The number of hydrogen-bond acceptors (Lipinski definition) is 6. The molecule has 3 aromatic heterocycles. The van der Waals surface area contributed by atoms with Crippen LogP contribution in [0, 0.1) is 19.8 Å². The fraction of sp³-hybridized carbons (Fsp3) is 0.400. The number of fused-ring (bicyclic) bond motifs is 1. The molecule has 1 N–H and O–H groups in total. The Bertz CT molecular complexity index is 1410. The molecule has 1 amide bonds. The zero-order valence-corrected chi connectivity index (χ0v) is 23.0. The Labute approximate surface area is 228 Å². The summed E-state index contributed by atoms with van der Waals surface area (Å²) in [5, 5.41) is 1.04. The zero-order valence-electron chi connectivity index (χ0n) is 22.2. The second-order valence-electron chi connectivity index (χ2n) is 10.5. The molecule has 0 radical (unpaired) electrons. The van der Waals surface area contributed by atoms with Crippen molar-refractivity contribution < 1.29 is 9.78 Å². The monoisotopic (exact) mass is 527 g/mol. The standard InChI is InChI=1S/C30H34N6OS/c1-21-26-28(35-18-16-34(17-19-35)25-10-6-7-13-31-25)32-22(2)33-29(26)38-27(21)30(37)36-14-11-24(12-15-36)20-23-8-4-3-5-9-23/h3-10,13,24H,11-12,14-20H2,1-2H3/p+1. The van der Waals surface area contributed by atoms with Crippen LogP contribution in [0.4, 0.5) is 11.6 Å². The van der Waals surface area contributed by atoms with Gasteiger partial charge in [0, 0.05) is 19.2 Å². The second kappa shape index (κ2) is 10.7. The first-order valence-electron chi connectivity index (χ1n) is 13.6. The number of amides is 1. The summed E-state index contributed by atoms with van der Waals surface area (Å²) in [6, 6.07) is 16.9. The van der Waals surface area contributed by atoms with Gasteiger partial charge in [0.15, 0.2) is 0 Å². The number of hydrogen-bond donors (Lipinski definition) is 0. The summed E-state index contributed by atoms with van der Waals surface area (Å²) < 4.78 is 0. The number of aryl methyl sites for hydroxylation is 2. The number of anilines is 2. The summed E-state index contributed by atoms with van der Waals surface area (Å²) >= 11 is 1.53. The molecule has 0 unspecified atom stereocenters. The molecule has 0 atom stereocenters. The van der Waals surface area contributed by atoms with Gasteiger partial charge < -0.3 is 9.80 Å². The Balaban J connectivity index is 1.18. The van der Waals surface area contributed by atoms with Gasteiger partial charge in [0.25, 0.3) is 11.7 Å². The topological polar surface area (TPSA) is 66.7 Å². The average Bonchev–Trinajstić information content (AvgIpc) is 3.29. The number of nitrogens with one attached hydrogen (secondary N) is 1. The molecular formula is C30H35N6OS+. The van der Waals surface area contributed by atoms with E-state index in [1.807, 2.05) is 24.1 Å². The van der Waals surface area contributed by atoms with Gasteiger partial charge in [-0.1, -0.05) is 36.4 Å². The first-order valence-corrected chi connectivity index (χ1v) is 14.5. The second-order valence-corrected chi connectivity index (χ2v) is 11.5. The van der Waals surface area contributed by atoms with Gasteiger partial charge in [-0.05, 0) is 56.2 Å². The van der Waals surface area contributed by atoms with Crippen molar-refractivity contribution >= 4 is 39.1 Å². The van der Waals surface area contributed by atoms with E-state index in [2.05, 4.69) is 64.2 Å². The van der Waals surface area contributed by atoms with Crippen LogP contribution in [0.25, 0.3) is 10.2 Å². The predicted molar refractivity (Wildman–Crippen MR) is 153 cm³/mol. The Morgan fingerprint density at radius 2 is 1.63 bits per heavy atom. The predicted octanol–water partition coefficient (Wildman–Crippen LogP) is 4.54. The lowest BCUT2D eigenvalue weighted by molar-refractivity contribution is -0.364. The van der Waals surface area contributed by atoms with E-state index in [1.165, 1.54) is 16.9 Å². The van der Waals surface area contributed by atoms with E-state index in [0.29, 0.717) is 5.92 Å². The third kappa shape index (κ3) is 4.97. The lowest BCUT2D eigenvalue weighted by Crippen LogP contribution is -2.48. The number of nitrogens with zero attached hydrogens (tertiary/aromatic N) is 5. The first kappa shape index (κ1) is 24.8. The molecule has 0 saturated carbocycles. The molecule has 6 rings (SSSR count). The van der Waals surface area contributed by atoms with Crippen molar-refractivity contribution in [3.63, 3.8) is 0 Å². The van der Waals surface area contributed by atoms with Crippen molar-refractivity contribution in [2.24, 2.45) is 5.92 Å². The number of aromatic nitrogens is 3. The molecule has 196 valence electrons. The molecule has 5 heterocycles. The highest BCUT2D eigenvalue weighted by atomic mass is 32.1. The number of likely N-dealkylation sites (tertiary alicyclic amines) is 1. The van der Waals surface area contributed by atoms with Crippen LogP contribution >= 0.6 is 11.3 Å². The van der Waals surface area contributed by atoms with Gasteiger partial charge in [-0.15, -0.1) is 11.3 Å². The maximum atomic E-state index is 13.7. The highest BCUT2D eigenvalue weighted by Crippen LogP contribution is 2.37.